The Labute approximate surface area is 143 Å². The number of aromatic hydroxyl groups is 1. The molecule has 5 heteroatoms. The Hall–Kier alpha value is -1.75. The Morgan fingerprint density at radius 3 is 2.39 bits per heavy atom. The van der Waals surface area contributed by atoms with E-state index in [4.69, 9.17) is 9.84 Å². The lowest BCUT2D eigenvalue weighted by Gasteiger charge is -2.13. The van der Waals surface area contributed by atoms with E-state index in [9.17, 15) is 5.11 Å². The average Bonchev–Trinajstić information content (AvgIpc) is 2.55. The van der Waals surface area contributed by atoms with E-state index in [1.165, 1.54) is 5.56 Å². The molecule has 0 aromatic heterocycles. The fourth-order valence-corrected chi connectivity index (χ4v) is 2.12. The lowest BCUT2D eigenvalue weighted by atomic mass is 10.1. The maximum atomic E-state index is 9.84. The number of halogens is 1. The van der Waals surface area contributed by atoms with E-state index in [-0.39, 0.29) is 24.8 Å². The van der Waals surface area contributed by atoms with Crippen LogP contribution >= 0.6 is 12.4 Å². The minimum absolute atomic E-state index is 0. The normalized spacial score (nSPS) is 11.5. The molecule has 1 unspecified atom stereocenters. The number of rotatable bonds is 9. The van der Waals surface area contributed by atoms with Gasteiger partial charge in [0, 0.05) is 6.54 Å². The van der Waals surface area contributed by atoms with Gasteiger partial charge in [-0.25, -0.2) is 0 Å². The third-order valence-electron chi connectivity index (χ3n) is 3.32. The maximum absolute atomic E-state index is 9.84. The molecule has 3 N–H and O–H groups in total. The highest BCUT2D eigenvalue weighted by molar-refractivity contribution is 5.85. The zero-order valence-corrected chi connectivity index (χ0v) is 13.8. The molecule has 126 valence electrons. The van der Waals surface area contributed by atoms with Crippen molar-refractivity contribution < 1.29 is 14.9 Å². The molecule has 0 amide bonds. The SMILES string of the molecule is Cl.Oc1ccc(OCC(O)CNCCCc2ccccc2)cc1. The average molecular weight is 338 g/mol. The Morgan fingerprint density at radius 2 is 1.70 bits per heavy atom. The van der Waals surface area contributed by atoms with Gasteiger partial charge in [0.15, 0.2) is 0 Å². The minimum Gasteiger partial charge on any atom is -0.508 e. The molecule has 2 rings (SSSR count). The molecular formula is C18H24ClNO3. The van der Waals surface area contributed by atoms with Crippen LogP contribution < -0.4 is 10.1 Å². The van der Waals surface area contributed by atoms with Crippen LogP contribution in [-0.4, -0.2) is 36.0 Å². The fourth-order valence-electron chi connectivity index (χ4n) is 2.12. The van der Waals surface area contributed by atoms with E-state index in [0.717, 1.165) is 19.4 Å². The first kappa shape index (κ1) is 19.3. The number of hydrogen-bond acceptors (Lipinski definition) is 4. The van der Waals surface area contributed by atoms with E-state index in [2.05, 4.69) is 17.4 Å². The van der Waals surface area contributed by atoms with Crippen molar-refractivity contribution in [1.82, 2.24) is 5.32 Å². The lowest BCUT2D eigenvalue weighted by Crippen LogP contribution is -2.32. The predicted molar refractivity (Wildman–Crippen MR) is 94.5 cm³/mol. The van der Waals surface area contributed by atoms with Crippen molar-refractivity contribution in [1.29, 1.82) is 0 Å². The summed E-state index contributed by atoms with van der Waals surface area (Å²) in [5, 5.41) is 22.2. The molecule has 0 fully saturated rings. The Morgan fingerprint density at radius 1 is 1.00 bits per heavy atom. The van der Waals surface area contributed by atoms with Gasteiger partial charge in [-0.2, -0.15) is 0 Å². The third-order valence-corrected chi connectivity index (χ3v) is 3.32. The third kappa shape index (κ3) is 7.88. The smallest absolute Gasteiger partial charge is 0.119 e. The van der Waals surface area contributed by atoms with Crippen molar-refractivity contribution in [2.24, 2.45) is 0 Å². The summed E-state index contributed by atoms with van der Waals surface area (Å²) in [5.41, 5.74) is 1.33. The molecule has 0 saturated carbocycles. The highest BCUT2D eigenvalue weighted by Gasteiger charge is 2.04. The van der Waals surface area contributed by atoms with Crippen LogP contribution in [0.15, 0.2) is 54.6 Å². The molecular weight excluding hydrogens is 314 g/mol. The number of phenolic OH excluding ortho intramolecular Hbond substituents is 1. The molecule has 0 saturated heterocycles. The quantitative estimate of drug-likeness (QED) is 0.616. The summed E-state index contributed by atoms with van der Waals surface area (Å²) in [6.07, 6.45) is 1.52. The summed E-state index contributed by atoms with van der Waals surface area (Å²) in [5.74, 6) is 0.842. The molecule has 0 spiro atoms. The summed E-state index contributed by atoms with van der Waals surface area (Å²) in [6, 6.07) is 16.8. The molecule has 23 heavy (non-hydrogen) atoms. The molecule has 2 aromatic rings. The van der Waals surface area contributed by atoms with Crippen molar-refractivity contribution in [3.8, 4) is 11.5 Å². The second kappa shape index (κ2) is 10.9. The summed E-state index contributed by atoms with van der Waals surface area (Å²) in [7, 11) is 0. The van der Waals surface area contributed by atoms with Crippen LogP contribution in [0.4, 0.5) is 0 Å². The highest BCUT2D eigenvalue weighted by atomic mass is 35.5. The number of aliphatic hydroxyl groups is 1. The van der Waals surface area contributed by atoms with Gasteiger partial charge in [-0.15, -0.1) is 12.4 Å². The topological polar surface area (TPSA) is 61.7 Å². The van der Waals surface area contributed by atoms with Gasteiger partial charge in [0.25, 0.3) is 0 Å². The Kier molecular flexibility index (Phi) is 9.14. The molecule has 0 aliphatic heterocycles. The van der Waals surface area contributed by atoms with Crippen molar-refractivity contribution in [2.45, 2.75) is 18.9 Å². The number of aliphatic hydroxyl groups excluding tert-OH is 1. The second-order valence-electron chi connectivity index (χ2n) is 5.25. The Balaban J connectivity index is 0.00000264. The Bertz CT molecular complexity index is 534. The van der Waals surface area contributed by atoms with Crippen LogP contribution in [0.25, 0.3) is 0 Å². The van der Waals surface area contributed by atoms with E-state index >= 15 is 0 Å². The van der Waals surface area contributed by atoms with E-state index < -0.39 is 6.10 Å². The highest BCUT2D eigenvalue weighted by Crippen LogP contribution is 2.15. The van der Waals surface area contributed by atoms with Gasteiger partial charge in [-0.05, 0) is 49.2 Å². The van der Waals surface area contributed by atoms with Crippen molar-refractivity contribution in [3.05, 3.63) is 60.2 Å². The van der Waals surface area contributed by atoms with Crippen molar-refractivity contribution >= 4 is 12.4 Å². The van der Waals surface area contributed by atoms with Gasteiger partial charge in [0.1, 0.15) is 24.2 Å². The van der Waals surface area contributed by atoms with Gasteiger partial charge < -0.3 is 20.3 Å². The summed E-state index contributed by atoms with van der Waals surface area (Å²) >= 11 is 0. The van der Waals surface area contributed by atoms with Gasteiger partial charge in [-0.3, -0.25) is 0 Å². The summed E-state index contributed by atoms with van der Waals surface area (Å²) in [4.78, 5) is 0. The zero-order valence-electron chi connectivity index (χ0n) is 13.0. The van der Waals surface area contributed by atoms with Gasteiger partial charge in [-0.1, -0.05) is 30.3 Å². The number of nitrogens with one attached hydrogen (secondary N) is 1. The van der Waals surface area contributed by atoms with Crippen molar-refractivity contribution in [3.63, 3.8) is 0 Å². The van der Waals surface area contributed by atoms with E-state index in [0.29, 0.717) is 12.3 Å². The molecule has 4 nitrogen and oxygen atoms in total. The van der Waals surface area contributed by atoms with Crippen LogP contribution in [0.2, 0.25) is 0 Å². The molecule has 0 aliphatic rings. The second-order valence-corrected chi connectivity index (χ2v) is 5.25. The van der Waals surface area contributed by atoms with Gasteiger partial charge in [0.05, 0.1) is 0 Å². The van der Waals surface area contributed by atoms with E-state index in [1.807, 2.05) is 18.2 Å². The molecule has 1 atom stereocenters. The first-order valence-corrected chi connectivity index (χ1v) is 7.58. The van der Waals surface area contributed by atoms with Crippen LogP contribution in [-0.2, 0) is 6.42 Å². The van der Waals surface area contributed by atoms with Gasteiger partial charge >= 0.3 is 0 Å². The largest absolute Gasteiger partial charge is 0.508 e. The first-order chi connectivity index (χ1) is 10.7. The van der Waals surface area contributed by atoms with Crippen LogP contribution in [0.3, 0.4) is 0 Å². The minimum atomic E-state index is -0.550. The van der Waals surface area contributed by atoms with Crippen molar-refractivity contribution in [2.75, 3.05) is 19.7 Å². The number of benzene rings is 2. The monoisotopic (exact) mass is 337 g/mol. The lowest BCUT2D eigenvalue weighted by molar-refractivity contribution is 0.106. The zero-order chi connectivity index (χ0) is 15.6. The summed E-state index contributed by atoms with van der Waals surface area (Å²) in [6.45, 7) is 1.61. The van der Waals surface area contributed by atoms with Crippen LogP contribution in [0.5, 0.6) is 11.5 Å². The van der Waals surface area contributed by atoms with E-state index in [1.54, 1.807) is 24.3 Å². The number of phenols is 1. The number of ether oxygens (including phenoxy) is 1. The van der Waals surface area contributed by atoms with Crippen LogP contribution in [0, 0.1) is 0 Å². The van der Waals surface area contributed by atoms with Gasteiger partial charge in [0.2, 0.25) is 0 Å². The maximum Gasteiger partial charge on any atom is 0.119 e. The molecule has 0 heterocycles. The number of aryl methyl sites for hydroxylation is 1. The fraction of sp³-hybridized carbons (Fsp3) is 0.333. The standard InChI is InChI=1S/C18H23NO3.ClH/c20-16-8-10-18(11-9-16)22-14-17(21)13-19-12-4-7-15-5-2-1-3-6-15;/h1-3,5-6,8-11,17,19-21H,4,7,12-14H2;1H. The molecule has 0 aliphatic carbocycles. The number of hydrogen-bond donors (Lipinski definition) is 3. The van der Waals surface area contributed by atoms with Crippen LogP contribution in [0.1, 0.15) is 12.0 Å². The summed E-state index contributed by atoms with van der Waals surface area (Å²) < 4.78 is 5.45. The molecule has 0 radical (unpaired) electrons. The first-order valence-electron chi connectivity index (χ1n) is 7.58. The predicted octanol–water partition coefficient (Wildman–Crippen LogP) is 2.78. The molecule has 0 bridgehead atoms. The molecule has 2 aromatic carbocycles.